The third kappa shape index (κ3) is 2.60. The Balaban J connectivity index is 2.11. The Morgan fingerprint density at radius 2 is 1.95 bits per heavy atom. The molecule has 0 amide bonds. The Morgan fingerprint density at radius 3 is 2.64 bits per heavy atom. The van der Waals surface area contributed by atoms with Crippen molar-refractivity contribution in [1.29, 1.82) is 0 Å². The van der Waals surface area contributed by atoms with Gasteiger partial charge in [0.25, 0.3) is 0 Å². The lowest BCUT2D eigenvalue weighted by atomic mass is 10.0. The van der Waals surface area contributed by atoms with Crippen molar-refractivity contribution in [3.05, 3.63) is 41.4 Å². The fourth-order valence-electron chi connectivity index (χ4n) is 2.41. The lowest BCUT2D eigenvalue weighted by Crippen LogP contribution is -1.99. The van der Waals surface area contributed by atoms with Crippen LogP contribution < -0.4 is 11.5 Å². The van der Waals surface area contributed by atoms with Crippen LogP contribution in [0.1, 0.15) is 12.0 Å². The molecule has 0 atom stereocenters. The zero-order chi connectivity index (χ0) is 15.7. The fraction of sp³-hybridized carbons (Fsp3) is 0.125. The van der Waals surface area contributed by atoms with E-state index in [4.69, 9.17) is 16.6 Å². The van der Waals surface area contributed by atoms with Crippen molar-refractivity contribution in [2.75, 3.05) is 11.5 Å². The number of aromatic nitrogens is 1. The average Bonchev–Trinajstić information content (AvgIpc) is 2.93. The standard InChI is InChI=1S/C16H15N3O2S/c17-11-4-1-9(2-5-11)12-8-22-15-10(3-6-13(20)21)7-19-16(18)14(12)15/h1-2,4-5,7-8H,3,6,17H2,(H2,18,19)(H,20,21). The van der Waals surface area contributed by atoms with Gasteiger partial charge in [0.15, 0.2) is 0 Å². The summed E-state index contributed by atoms with van der Waals surface area (Å²) in [6.07, 6.45) is 2.19. The molecular formula is C16H15N3O2S. The highest BCUT2D eigenvalue weighted by molar-refractivity contribution is 7.18. The van der Waals surface area contributed by atoms with Crippen molar-refractivity contribution in [2.24, 2.45) is 0 Å². The van der Waals surface area contributed by atoms with Crippen molar-refractivity contribution in [2.45, 2.75) is 12.8 Å². The number of nitrogens with zero attached hydrogens (tertiary/aromatic N) is 1. The Hall–Kier alpha value is -2.60. The van der Waals surface area contributed by atoms with Crippen molar-refractivity contribution >= 4 is 38.9 Å². The van der Waals surface area contributed by atoms with Gasteiger partial charge in [-0.2, -0.15) is 0 Å². The molecule has 112 valence electrons. The number of carboxylic acids is 1. The van der Waals surface area contributed by atoms with Crippen molar-refractivity contribution < 1.29 is 9.90 Å². The minimum atomic E-state index is -0.819. The number of hydrogen-bond donors (Lipinski definition) is 3. The molecule has 0 spiro atoms. The van der Waals surface area contributed by atoms with Crippen molar-refractivity contribution in [3.63, 3.8) is 0 Å². The topological polar surface area (TPSA) is 102 Å². The number of nitrogen functional groups attached to an aromatic ring is 2. The van der Waals surface area contributed by atoms with Crippen LogP contribution in [0.3, 0.4) is 0 Å². The predicted molar refractivity (Wildman–Crippen MR) is 89.8 cm³/mol. The van der Waals surface area contributed by atoms with Crippen LogP contribution in [0.15, 0.2) is 35.8 Å². The van der Waals surface area contributed by atoms with Gasteiger partial charge in [0.05, 0.1) is 0 Å². The van der Waals surface area contributed by atoms with Crippen molar-refractivity contribution in [3.8, 4) is 11.1 Å². The van der Waals surface area contributed by atoms with Crippen LogP contribution in [-0.2, 0) is 11.2 Å². The molecule has 2 aromatic heterocycles. The largest absolute Gasteiger partial charge is 0.481 e. The van der Waals surface area contributed by atoms with Gasteiger partial charge in [0, 0.05) is 34.0 Å². The van der Waals surface area contributed by atoms with E-state index in [0.29, 0.717) is 17.9 Å². The van der Waals surface area contributed by atoms with Crippen LogP contribution in [0.5, 0.6) is 0 Å². The van der Waals surface area contributed by atoms with E-state index in [1.54, 1.807) is 17.5 Å². The smallest absolute Gasteiger partial charge is 0.303 e. The van der Waals surface area contributed by atoms with Gasteiger partial charge in [-0.25, -0.2) is 4.98 Å². The van der Waals surface area contributed by atoms with E-state index < -0.39 is 5.97 Å². The number of pyridine rings is 1. The first kappa shape index (κ1) is 14.3. The summed E-state index contributed by atoms with van der Waals surface area (Å²) >= 11 is 1.56. The number of aryl methyl sites for hydroxylation is 1. The SMILES string of the molecule is Nc1ccc(-c2csc3c(CCC(=O)O)cnc(N)c23)cc1. The highest BCUT2D eigenvalue weighted by atomic mass is 32.1. The van der Waals surface area contributed by atoms with Gasteiger partial charge in [-0.3, -0.25) is 4.79 Å². The second-order valence-electron chi connectivity index (χ2n) is 5.04. The normalized spacial score (nSPS) is 10.9. The Kier molecular flexibility index (Phi) is 3.68. The molecular weight excluding hydrogens is 298 g/mol. The first-order chi connectivity index (χ1) is 10.6. The summed E-state index contributed by atoms with van der Waals surface area (Å²) in [6.45, 7) is 0. The quantitative estimate of drug-likeness (QED) is 0.642. The maximum absolute atomic E-state index is 10.8. The summed E-state index contributed by atoms with van der Waals surface area (Å²) in [4.78, 5) is 15.0. The van der Waals surface area contributed by atoms with Crippen LogP contribution >= 0.6 is 11.3 Å². The zero-order valence-corrected chi connectivity index (χ0v) is 12.6. The lowest BCUT2D eigenvalue weighted by molar-refractivity contribution is -0.136. The van der Waals surface area contributed by atoms with Gasteiger partial charge < -0.3 is 16.6 Å². The summed E-state index contributed by atoms with van der Waals surface area (Å²) in [5.74, 6) is -0.359. The number of aliphatic carboxylic acids is 1. The first-order valence-corrected chi connectivity index (χ1v) is 7.66. The third-order valence-corrected chi connectivity index (χ3v) is 4.58. The van der Waals surface area contributed by atoms with E-state index in [-0.39, 0.29) is 6.42 Å². The van der Waals surface area contributed by atoms with Crippen LogP contribution in [0.2, 0.25) is 0 Å². The molecule has 5 N–H and O–H groups in total. The molecule has 0 radical (unpaired) electrons. The molecule has 6 heteroatoms. The maximum Gasteiger partial charge on any atom is 0.303 e. The zero-order valence-electron chi connectivity index (χ0n) is 11.7. The minimum Gasteiger partial charge on any atom is -0.481 e. The second kappa shape index (κ2) is 5.65. The molecule has 0 unspecified atom stereocenters. The van der Waals surface area contributed by atoms with Gasteiger partial charge in [0.1, 0.15) is 5.82 Å². The summed E-state index contributed by atoms with van der Waals surface area (Å²) in [5, 5.41) is 11.8. The molecule has 0 saturated heterocycles. The monoisotopic (exact) mass is 313 g/mol. The van der Waals surface area contributed by atoms with Crippen LogP contribution in [0.25, 0.3) is 21.2 Å². The Labute approximate surface area is 131 Å². The van der Waals surface area contributed by atoms with E-state index in [1.165, 1.54) is 0 Å². The molecule has 0 bridgehead atoms. The molecule has 0 fully saturated rings. The molecule has 1 aromatic carbocycles. The maximum atomic E-state index is 10.8. The highest BCUT2D eigenvalue weighted by Gasteiger charge is 2.14. The number of nitrogens with two attached hydrogens (primary N) is 2. The first-order valence-electron chi connectivity index (χ1n) is 6.78. The van der Waals surface area contributed by atoms with Gasteiger partial charge in [-0.15, -0.1) is 11.3 Å². The molecule has 0 aliphatic carbocycles. The summed E-state index contributed by atoms with van der Waals surface area (Å²) < 4.78 is 1.00. The second-order valence-corrected chi connectivity index (χ2v) is 5.92. The number of thiophene rings is 1. The Bertz CT molecular complexity index is 840. The number of carboxylic acid groups (broad SMARTS) is 1. The van der Waals surface area contributed by atoms with E-state index >= 15 is 0 Å². The number of hydrogen-bond acceptors (Lipinski definition) is 5. The van der Waals surface area contributed by atoms with Gasteiger partial charge in [0.2, 0.25) is 0 Å². The van der Waals surface area contributed by atoms with Gasteiger partial charge in [-0.1, -0.05) is 12.1 Å². The number of fused-ring (bicyclic) bond motifs is 1. The van der Waals surface area contributed by atoms with Crippen LogP contribution in [0.4, 0.5) is 11.5 Å². The molecule has 3 aromatic rings. The minimum absolute atomic E-state index is 0.0792. The predicted octanol–water partition coefficient (Wildman–Crippen LogP) is 3.14. The summed E-state index contributed by atoms with van der Waals surface area (Å²) in [5.41, 5.74) is 15.4. The number of rotatable bonds is 4. The van der Waals surface area contributed by atoms with Crippen molar-refractivity contribution in [1.82, 2.24) is 4.98 Å². The fourth-order valence-corrected chi connectivity index (χ4v) is 3.54. The van der Waals surface area contributed by atoms with Crippen LogP contribution in [0, 0.1) is 0 Å². The molecule has 2 heterocycles. The number of carbonyl (C=O) groups is 1. The molecule has 0 aliphatic rings. The van der Waals surface area contributed by atoms with E-state index in [1.807, 2.05) is 29.6 Å². The summed E-state index contributed by atoms with van der Waals surface area (Å²) in [7, 11) is 0. The summed E-state index contributed by atoms with van der Waals surface area (Å²) in [6, 6.07) is 7.58. The molecule has 3 rings (SSSR count). The molecule has 5 nitrogen and oxygen atoms in total. The van der Waals surface area contributed by atoms with Crippen LogP contribution in [-0.4, -0.2) is 16.1 Å². The number of anilines is 2. The van der Waals surface area contributed by atoms with E-state index in [0.717, 1.165) is 26.8 Å². The lowest BCUT2D eigenvalue weighted by Gasteiger charge is -2.06. The van der Waals surface area contributed by atoms with Gasteiger partial charge in [-0.05, 0) is 35.1 Å². The molecule has 22 heavy (non-hydrogen) atoms. The molecule has 0 saturated carbocycles. The molecule has 0 aliphatic heterocycles. The highest BCUT2D eigenvalue weighted by Crippen LogP contribution is 2.38. The van der Waals surface area contributed by atoms with E-state index in [9.17, 15) is 4.79 Å². The average molecular weight is 313 g/mol. The third-order valence-electron chi connectivity index (χ3n) is 3.53. The van der Waals surface area contributed by atoms with E-state index in [2.05, 4.69) is 4.98 Å². The number of benzene rings is 1. The Morgan fingerprint density at radius 1 is 1.23 bits per heavy atom. The van der Waals surface area contributed by atoms with Gasteiger partial charge >= 0.3 is 5.97 Å².